The second-order valence-corrected chi connectivity index (χ2v) is 5.56. The van der Waals surface area contributed by atoms with Crippen molar-refractivity contribution in [2.75, 3.05) is 0 Å². The molecule has 0 N–H and O–H groups in total. The molecular formula is C14H9BrClF3. The predicted octanol–water partition coefficient (Wildman–Crippen LogP) is 5.44. The molecule has 0 heterocycles. The van der Waals surface area contributed by atoms with Crippen LogP contribution in [0, 0.1) is 17.5 Å². The highest BCUT2D eigenvalue weighted by Gasteiger charge is 2.16. The van der Waals surface area contributed by atoms with Crippen LogP contribution in [-0.2, 0) is 6.42 Å². The van der Waals surface area contributed by atoms with Gasteiger partial charge >= 0.3 is 0 Å². The quantitative estimate of drug-likeness (QED) is 0.648. The maximum Gasteiger partial charge on any atom is 0.162 e. The lowest BCUT2D eigenvalue weighted by molar-refractivity contribution is 0.498. The smallest absolute Gasteiger partial charge is 0.162 e. The zero-order chi connectivity index (χ0) is 14.0. The van der Waals surface area contributed by atoms with Crippen molar-refractivity contribution in [1.82, 2.24) is 0 Å². The Morgan fingerprint density at radius 2 is 1.84 bits per heavy atom. The van der Waals surface area contributed by atoms with E-state index in [9.17, 15) is 13.2 Å². The summed E-state index contributed by atoms with van der Waals surface area (Å²) in [6, 6.07) is 8.00. The molecule has 0 aliphatic carbocycles. The van der Waals surface area contributed by atoms with E-state index in [0.29, 0.717) is 5.56 Å². The van der Waals surface area contributed by atoms with Gasteiger partial charge in [-0.2, -0.15) is 0 Å². The molecule has 0 nitrogen and oxygen atoms in total. The number of hydrogen-bond acceptors (Lipinski definition) is 0. The van der Waals surface area contributed by atoms with Crippen LogP contribution < -0.4 is 0 Å². The van der Waals surface area contributed by atoms with Gasteiger partial charge < -0.3 is 0 Å². The summed E-state index contributed by atoms with van der Waals surface area (Å²) in [6.45, 7) is 0. The van der Waals surface area contributed by atoms with Gasteiger partial charge in [-0.1, -0.05) is 45.7 Å². The van der Waals surface area contributed by atoms with Crippen LogP contribution in [0.5, 0.6) is 0 Å². The Labute approximate surface area is 122 Å². The van der Waals surface area contributed by atoms with E-state index in [-0.39, 0.29) is 21.8 Å². The number of benzene rings is 2. The molecule has 2 aromatic rings. The second kappa shape index (κ2) is 5.97. The Morgan fingerprint density at radius 3 is 2.53 bits per heavy atom. The van der Waals surface area contributed by atoms with Crippen molar-refractivity contribution in [1.29, 1.82) is 0 Å². The molecule has 0 amide bonds. The zero-order valence-corrected chi connectivity index (χ0v) is 12.0. The summed E-state index contributed by atoms with van der Waals surface area (Å²) in [5, 5.41) is 0.249. The van der Waals surface area contributed by atoms with Gasteiger partial charge in [-0.25, -0.2) is 13.2 Å². The van der Waals surface area contributed by atoms with E-state index in [1.54, 1.807) is 0 Å². The van der Waals surface area contributed by atoms with Gasteiger partial charge in [-0.05, 0) is 35.7 Å². The van der Waals surface area contributed by atoms with Gasteiger partial charge in [-0.15, -0.1) is 0 Å². The molecule has 100 valence electrons. The van der Waals surface area contributed by atoms with Gasteiger partial charge in [0, 0.05) is 9.85 Å². The van der Waals surface area contributed by atoms with Crippen molar-refractivity contribution in [2.45, 2.75) is 11.2 Å². The van der Waals surface area contributed by atoms with Crippen molar-refractivity contribution in [3.8, 4) is 0 Å². The molecule has 0 fully saturated rings. The number of halogens is 5. The standard InChI is InChI=1S/C14H9BrClF3/c15-11(10-5-4-9(17)7-12(10)16)6-8-2-1-3-13(18)14(8)19/h1-5,7,11H,6H2. The summed E-state index contributed by atoms with van der Waals surface area (Å²) in [7, 11) is 0. The van der Waals surface area contributed by atoms with Crippen molar-refractivity contribution >= 4 is 27.5 Å². The first-order valence-electron chi connectivity index (χ1n) is 5.51. The summed E-state index contributed by atoms with van der Waals surface area (Å²) in [5.41, 5.74) is 0.869. The SMILES string of the molecule is Fc1ccc(C(Br)Cc2cccc(F)c2F)c(Cl)c1. The first-order chi connectivity index (χ1) is 8.99. The van der Waals surface area contributed by atoms with E-state index in [0.717, 1.165) is 6.07 Å². The first kappa shape index (κ1) is 14.4. The maximum absolute atomic E-state index is 13.6. The lowest BCUT2D eigenvalue weighted by Crippen LogP contribution is -2.00. The molecule has 2 rings (SSSR count). The van der Waals surface area contributed by atoms with Crippen LogP contribution in [0.4, 0.5) is 13.2 Å². The normalized spacial score (nSPS) is 12.5. The van der Waals surface area contributed by atoms with Gasteiger partial charge in [0.15, 0.2) is 11.6 Å². The minimum Gasteiger partial charge on any atom is -0.207 e. The third-order valence-electron chi connectivity index (χ3n) is 2.73. The minimum absolute atomic E-state index is 0.217. The van der Waals surface area contributed by atoms with E-state index in [4.69, 9.17) is 11.6 Å². The Bertz CT molecular complexity index is 601. The molecule has 1 atom stereocenters. The van der Waals surface area contributed by atoms with Gasteiger partial charge in [-0.3, -0.25) is 0 Å². The van der Waals surface area contributed by atoms with E-state index in [2.05, 4.69) is 15.9 Å². The summed E-state index contributed by atoms with van der Waals surface area (Å²) in [6.07, 6.45) is 0.217. The van der Waals surface area contributed by atoms with Crippen molar-refractivity contribution < 1.29 is 13.2 Å². The average Bonchev–Trinajstić information content (AvgIpc) is 2.34. The Hall–Kier alpha value is -1.00. The lowest BCUT2D eigenvalue weighted by Gasteiger charge is -2.13. The molecule has 0 saturated heterocycles. The Kier molecular flexibility index (Phi) is 4.53. The summed E-state index contributed by atoms with van der Waals surface area (Å²) < 4.78 is 39.6. The van der Waals surface area contributed by atoms with Crippen LogP contribution in [0.1, 0.15) is 16.0 Å². The van der Waals surface area contributed by atoms with Crippen LogP contribution in [0.2, 0.25) is 5.02 Å². The average molecular weight is 350 g/mol. The fourth-order valence-electron chi connectivity index (χ4n) is 1.76. The third-order valence-corrected chi connectivity index (χ3v) is 3.87. The Balaban J connectivity index is 2.25. The van der Waals surface area contributed by atoms with Gasteiger partial charge in [0.2, 0.25) is 0 Å². The van der Waals surface area contributed by atoms with E-state index < -0.39 is 17.5 Å². The van der Waals surface area contributed by atoms with Crippen LogP contribution in [0.25, 0.3) is 0 Å². The predicted molar refractivity (Wildman–Crippen MR) is 73.1 cm³/mol. The molecule has 0 aromatic heterocycles. The van der Waals surface area contributed by atoms with Crippen LogP contribution >= 0.6 is 27.5 Å². The molecule has 0 aliphatic heterocycles. The van der Waals surface area contributed by atoms with Gasteiger partial charge in [0.05, 0.1) is 0 Å². The first-order valence-corrected chi connectivity index (χ1v) is 6.80. The molecule has 5 heteroatoms. The van der Waals surface area contributed by atoms with Crippen molar-refractivity contribution in [3.05, 3.63) is 70.0 Å². The molecule has 0 bridgehead atoms. The summed E-state index contributed by atoms with van der Waals surface area (Å²) in [4.78, 5) is -0.322. The highest BCUT2D eigenvalue weighted by Crippen LogP contribution is 2.33. The molecule has 19 heavy (non-hydrogen) atoms. The van der Waals surface area contributed by atoms with E-state index in [1.807, 2.05) is 0 Å². The maximum atomic E-state index is 13.6. The highest BCUT2D eigenvalue weighted by atomic mass is 79.9. The molecule has 0 aliphatic rings. The molecule has 0 saturated carbocycles. The zero-order valence-electron chi connectivity index (χ0n) is 9.64. The van der Waals surface area contributed by atoms with E-state index >= 15 is 0 Å². The monoisotopic (exact) mass is 348 g/mol. The molecule has 0 spiro atoms. The van der Waals surface area contributed by atoms with Crippen LogP contribution in [0.3, 0.4) is 0 Å². The van der Waals surface area contributed by atoms with Crippen molar-refractivity contribution in [3.63, 3.8) is 0 Å². The van der Waals surface area contributed by atoms with Crippen molar-refractivity contribution in [2.24, 2.45) is 0 Å². The fraction of sp³-hybridized carbons (Fsp3) is 0.143. The molecule has 1 unspecified atom stereocenters. The van der Waals surface area contributed by atoms with Crippen LogP contribution in [0.15, 0.2) is 36.4 Å². The van der Waals surface area contributed by atoms with Crippen LogP contribution in [-0.4, -0.2) is 0 Å². The topological polar surface area (TPSA) is 0 Å². The van der Waals surface area contributed by atoms with E-state index in [1.165, 1.54) is 30.3 Å². The number of hydrogen-bond donors (Lipinski definition) is 0. The molecule has 0 radical (unpaired) electrons. The minimum atomic E-state index is -0.887. The number of rotatable bonds is 3. The Morgan fingerprint density at radius 1 is 1.11 bits per heavy atom. The second-order valence-electron chi connectivity index (χ2n) is 4.05. The van der Waals surface area contributed by atoms with Gasteiger partial charge in [0.1, 0.15) is 5.82 Å². The van der Waals surface area contributed by atoms with Gasteiger partial charge in [0.25, 0.3) is 0 Å². The lowest BCUT2D eigenvalue weighted by atomic mass is 10.0. The highest BCUT2D eigenvalue weighted by molar-refractivity contribution is 9.09. The largest absolute Gasteiger partial charge is 0.207 e. The molecule has 2 aromatic carbocycles. The summed E-state index contributed by atoms with van der Waals surface area (Å²) >= 11 is 9.28. The third kappa shape index (κ3) is 3.31. The summed E-state index contributed by atoms with van der Waals surface area (Å²) in [5.74, 6) is -2.20. The number of alkyl halides is 1. The molecular weight excluding hydrogens is 341 g/mol. The fourth-order valence-corrected chi connectivity index (χ4v) is 2.94.